The largest absolute Gasteiger partial charge is 0.508 e. The fraction of sp³-hybridized carbons (Fsp3) is 0.300. The number of hydrogen-bond donors (Lipinski definition) is 1. The van der Waals surface area contributed by atoms with E-state index < -0.39 is 5.41 Å². The van der Waals surface area contributed by atoms with Crippen molar-refractivity contribution in [1.82, 2.24) is 0 Å². The Morgan fingerprint density at radius 3 is 2.54 bits per heavy atom. The van der Waals surface area contributed by atoms with Gasteiger partial charge in [0, 0.05) is 10.4 Å². The maximum Gasteiger partial charge on any atom is 0.130 e. The highest BCUT2D eigenvalue weighted by molar-refractivity contribution is 6.31. The molecule has 1 N–H and O–H groups in total. The van der Waals surface area contributed by atoms with Gasteiger partial charge in [-0.15, -0.1) is 0 Å². The molecule has 0 radical (unpaired) electrons. The van der Waals surface area contributed by atoms with E-state index in [0.29, 0.717) is 5.02 Å². The van der Waals surface area contributed by atoms with Crippen molar-refractivity contribution in [3.05, 3.63) is 28.8 Å². The number of rotatable bonds is 2. The van der Waals surface area contributed by atoms with Crippen LogP contribution in [0.25, 0.3) is 0 Å². The average Bonchev–Trinajstić information content (AvgIpc) is 2.03. The molecule has 1 aromatic carbocycles. The van der Waals surface area contributed by atoms with E-state index in [1.54, 1.807) is 19.9 Å². The number of phenols is 1. The summed E-state index contributed by atoms with van der Waals surface area (Å²) in [6, 6.07) is 4.61. The Labute approximate surface area is 82.2 Å². The molecule has 0 unspecified atom stereocenters. The van der Waals surface area contributed by atoms with Gasteiger partial charge in [-0.3, -0.25) is 0 Å². The lowest BCUT2D eigenvalue weighted by Gasteiger charge is -2.18. The number of aldehydes is 1. The van der Waals surface area contributed by atoms with Gasteiger partial charge in [0.05, 0.1) is 0 Å². The summed E-state index contributed by atoms with van der Waals surface area (Å²) in [6.07, 6.45) is 0.839. The monoisotopic (exact) mass is 198 g/mol. The van der Waals surface area contributed by atoms with Crippen LogP contribution in [0.15, 0.2) is 18.2 Å². The third kappa shape index (κ3) is 2.01. The second-order valence-electron chi connectivity index (χ2n) is 3.50. The van der Waals surface area contributed by atoms with E-state index in [2.05, 4.69) is 0 Å². The fourth-order valence-corrected chi connectivity index (χ4v) is 1.51. The Balaban J connectivity index is 3.23. The van der Waals surface area contributed by atoms with Crippen molar-refractivity contribution in [3.8, 4) is 5.75 Å². The first-order valence-corrected chi connectivity index (χ1v) is 4.30. The van der Waals surface area contributed by atoms with E-state index in [-0.39, 0.29) is 5.75 Å². The van der Waals surface area contributed by atoms with Crippen LogP contribution in [0.3, 0.4) is 0 Å². The Bertz CT molecular complexity index is 332. The van der Waals surface area contributed by atoms with Gasteiger partial charge in [-0.1, -0.05) is 17.7 Å². The minimum absolute atomic E-state index is 0.107. The van der Waals surface area contributed by atoms with Crippen LogP contribution in [0.4, 0.5) is 0 Å². The molecule has 0 saturated heterocycles. The second kappa shape index (κ2) is 3.38. The molecule has 0 spiro atoms. The standard InChI is InChI=1S/C10H11ClO2/c1-10(2,6-12)8-4-3-7(13)5-9(8)11/h3-6,13H,1-2H3. The fourth-order valence-electron chi connectivity index (χ4n) is 1.09. The van der Waals surface area contributed by atoms with Crippen molar-refractivity contribution in [2.45, 2.75) is 19.3 Å². The summed E-state index contributed by atoms with van der Waals surface area (Å²) in [6.45, 7) is 3.55. The number of hydrogen-bond acceptors (Lipinski definition) is 2. The van der Waals surface area contributed by atoms with Crippen LogP contribution in [0, 0.1) is 0 Å². The molecule has 0 amide bonds. The van der Waals surface area contributed by atoms with Gasteiger partial charge in [-0.25, -0.2) is 0 Å². The Hall–Kier alpha value is -1.02. The zero-order chi connectivity index (χ0) is 10.1. The highest BCUT2D eigenvalue weighted by atomic mass is 35.5. The zero-order valence-electron chi connectivity index (χ0n) is 7.54. The summed E-state index contributed by atoms with van der Waals surface area (Å²) < 4.78 is 0. The molecular formula is C10H11ClO2. The number of benzene rings is 1. The maximum absolute atomic E-state index is 10.7. The summed E-state index contributed by atoms with van der Waals surface area (Å²) in [4.78, 5) is 10.7. The average molecular weight is 199 g/mol. The SMILES string of the molecule is CC(C)(C=O)c1ccc(O)cc1Cl. The minimum atomic E-state index is -0.606. The van der Waals surface area contributed by atoms with Gasteiger partial charge in [0.15, 0.2) is 0 Å². The second-order valence-corrected chi connectivity index (χ2v) is 3.91. The van der Waals surface area contributed by atoms with Crippen LogP contribution >= 0.6 is 11.6 Å². The molecule has 0 aliphatic rings. The van der Waals surface area contributed by atoms with Crippen molar-refractivity contribution in [1.29, 1.82) is 0 Å². The molecule has 0 aromatic heterocycles. The molecule has 0 aliphatic heterocycles. The highest BCUT2D eigenvalue weighted by Gasteiger charge is 2.22. The molecule has 0 heterocycles. The van der Waals surface area contributed by atoms with Crippen molar-refractivity contribution in [2.24, 2.45) is 0 Å². The summed E-state index contributed by atoms with van der Waals surface area (Å²) in [5.74, 6) is 0.107. The summed E-state index contributed by atoms with van der Waals surface area (Å²) in [5.41, 5.74) is 0.118. The van der Waals surface area contributed by atoms with Crippen molar-refractivity contribution in [3.63, 3.8) is 0 Å². The topological polar surface area (TPSA) is 37.3 Å². The predicted molar refractivity (Wildman–Crippen MR) is 52.2 cm³/mol. The van der Waals surface area contributed by atoms with Crippen molar-refractivity contribution in [2.75, 3.05) is 0 Å². The van der Waals surface area contributed by atoms with Gasteiger partial charge in [0.25, 0.3) is 0 Å². The van der Waals surface area contributed by atoms with Crippen LogP contribution in [0.1, 0.15) is 19.4 Å². The molecule has 1 rings (SSSR count). The van der Waals surface area contributed by atoms with E-state index in [4.69, 9.17) is 16.7 Å². The number of halogens is 1. The Morgan fingerprint density at radius 2 is 2.08 bits per heavy atom. The van der Waals surface area contributed by atoms with E-state index in [1.165, 1.54) is 12.1 Å². The van der Waals surface area contributed by atoms with Crippen LogP contribution in [0.5, 0.6) is 5.75 Å². The van der Waals surface area contributed by atoms with Crippen LogP contribution in [-0.4, -0.2) is 11.4 Å². The van der Waals surface area contributed by atoms with Crippen molar-refractivity contribution < 1.29 is 9.90 Å². The number of carbonyl (C=O) groups is 1. The summed E-state index contributed by atoms with van der Waals surface area (Å²) >= 11 is 5.87. The molecule has 0 fully saturated rings. The zero-order valence-corrected chi connectivity index (χ0v) is 8.30. The van der Waals surface area contributed by atoms with E-state index in [1.807, 2.05) is 0 Å². The third-order valence-corrected chi connectivity index (χ3v) is 2.25. The quantitative estimate of drug-likeness (QED) is 0.742. The summed E-state index contributed by atoms with van der Waals surface area (Å²) in [5, 5.41) is 9.52. The van der Waals surface area contributed by atoms with Crippen LogP contribution < -0.4 is 0 Å². The molecule has 0 atom stereocenters. The molecular weight excluding hydrogens is 188 g/mol. The van der Waals surface area contributed by atoms with Gasteiger partial charge >= 0.3 is 0 Å². The van der Waals surface area contributed by atoms with Crippen LogP contribution in [0.2, 0.25) is 5.02 Å². The van der Waals surface area contributed by atoms with E-state index in [0.717, 1.165) is 11.8 Å². The first-order valence-electron chi connectivity index (χ1n) is 3.93. The lowest BCUT2D eigenvalue weighted by molar-refractivity contribution is -0.111. The predicted octanol–water partition coefficient (Wildman–Crippen LogP) is 2.52. The molecule has 2 nitrogen and oxygen atoms in total. The van der Waals surface area contributed by atoms with Gasteiger partial charge in [0.1, 0.15) is 12.0 Å². The normalized spacial score (nSPS) is 11.3. The van der Waals surface area contributed by atoms with Gasteiger partial charge in [-0.2, -0.15) is 0 Å². The number of carbonyl (C=O) groups excluding carboxylic acids is 1. The Morgan fingerprint density at radius 1 is 1.46 bits per heavy atom. The molecule has 0 saturated carbocycles. The molecule has 70 valence electrons. The maximum atomic E-state index is 10.7. The Kier molecular flexibility index (Phi) is 2.62. The van der Waals surface area contributed by atoms with E-state index >= 15 is 0 Å². The lowest BCUT2D eigenvalue weighted by atomic mass is 9.86. The van der Waals surface area contributed by atoms with Gasteiger partial charge in [-0.05, 0) is 31.5 Å². The molecule has 1 aromatic rings. The van der Waals surface area contributed by atoms with Crippen molar-refractivity contribution >= 4 is 17.9 Å². The van der Waals surface area contributed by atoms with Gasteiger partial charge < -0.3 is 9.90 Å². The van der Waals surface area contributed by atoms with Gasteiger partial charge in [0.2, 0.25) is 0 Å². The molecule has 0 aliphatic carbocycles. The minimum Gasteiger partial charge on any atom is -0.508 e. The summed E-state index contributed by atoms with van der Waals surface area (Å²) in [7, 11) is 0. The lowest BCUT2D eigenvalue weighted by Crippen LogP contribution is -2.18. The first-order chi connectivity index (χ1) is 5.97. The smallest absolute Gasteiger partial charge is 0.130 e. The van der Waals surface area contributed by atoms with E-state index in [9.17, 15) is 4.79 Å². The third-order valence-electron chi connectivity index (χ3n) is 1.94. The molecule has 0 bridgehead atoms. The molecule has 3 heteroatoms. The number of phenolic OH excluding ortho intramolecular Hbond substituents is 1. The molecule has 13 heavy (non-hydrogen) atoms. The number of aromatic hydroxyl groups is 1. The first kappa shape index (κ1) is 10.1. The highest BCUT2D eigenvalue weighted by Crippen LogP contribution is 2.30. The van der Waals surface area contributed by atoms with Crippen LogP contribution in [-0.2, 0) is 10.2 Å².